The van der Waals surface area contributed by atoms with Crippen LogP contribution in [-0.2, 0) is 13.0 Å². The Kier molecular flexibility index (Phi) is 2.79. The number of benzene rings is 2. The highest BCUT2D eigenvalue weighted by Crippen LogP contribution is 2.42. The average molecular weight is 279 g/mol. The van der Waals surface area contributed by atoms with Crippen LogP contribution in [0.3, 0.4) is 0 Å². The van der Waals surface area contributed by atoms with Gasteiger partial charge < -0.3 is 4.90 Å². The lowest BCUT2D eigenvalue weighted by atomic mass is 9.93. The Labute approximate surface area is 124 Å². The first-order valence-corrected chi connectivity index (χ1v) is 7.29. The molecule has 0 bridgehead atoms. The Hall–Kier alpha value is -2.20. The van der Waals surface area contributed by atoms with Gasteiger partial charge in [-0.05, 0) is 46.5 Å². The lowest BCUT2D eigenvalue weighted by Gasteiger charge is -2.47. The maximum absolute atomic E-state index is 10.7. The molecule has 4 nitrogen and oxygen atoms in total. The largest absolute Gasteiger partial charge is 0.355 e. The molecular formula is C17H17N3O. The number of hydrogen-bond acceptors (Lipinski definition) is 4. The van der Waals surface area contributed by atoms with Crippen LogP contribution in [0.2, 0.25) is 0 Å². The molecule has 0 spiro atoms. The summed E-state index contributed by atoms with van der Waals surface area (Å²) < 4.78 is 0. The van der Waals surface area contributed by atoms with E-state index in [1.54, 1.807) is 6.07 Å². The first kappa shape index (κ1) is 12.5. The van der Waals surface area contributed by atoms with E-state index in [0.717, 1.165) is 19.5 Å². The molecule has 2 aliphatic heterocycles. The molecule has 0 aromatic heterocycles. The Morgan fingerprint density at radius 3 is 2.86 bits per heavy atom. The van der Waals surface area contributed by atoms with Gasteiger partial charge in [0.15, 0.2) is 0 Å². The molecule has 0 N–H and O–H groups in total. The second-order valence-corrected chi connectivity index (χ2v) is 5.81. The summed E-state index contributed by atoms with van der Waals surface area (Å²) in [4.78, 5) is 15.5. The number of anilines is 1. The van der Waals surface area contributed by atoms with E-state index in [4.69, 9.17) is 0 Å². The molecule has 0 amide bonds. The van der Waals surface area contributed by atoms with E-state index in [9.17, 15) is 4.91 Å². The number of fused-ring (bicyclic) bond motifs is 4. The summed E-state index contributed by atoms with van der Waals surface area (Å²) in [6.45, 7) is 1.92. The molecule has 1 atom stereocenters. The van der Waals surface area contributed by atoms with Crippen LogP contribution in [0.4, 0.5) is 11.4 Å². The first-order valence-electron chi connectivity index (χ1n) is 7.29. The van der Waals surface area contributed by atoms with Gasteiger partial charge in [-0.2, -0.15) is 0 Å². The molecule has 2 aromatic carbocycles. The standard InChI is InChI=1S/C17H17N3O/c1-19-16-7-6-14(18-21)10-13(16)11-20-9-8-12-4-2-3-5-15(12)17(19)20/h2-7,10,17H,8-9,11H2,1H3. The van der Waals surface area contributed by atoms with Crippen LogP contribution in [0.25, 0.3) is 0 Å². The van der Waals surface area contributed by atoms with Crippen LogP contribution in [0.5, 0.6) is 0 Å². The number of nitrogens with zero attached hydrogens (tertiary/aromatic N) is 3. The highest BCUT2D eigenvalue weighted by atomic mass is 16.3. The van der Waals surface area contributed by atoms with Gasteiger partial charge in [-0.25, -0.2) is 0 Å². The highest BCUT2D eigenvalue weighted by molar-refractivity contribution is 5.62. The monoisotopic (exact) mass is 279 g/mol. The van der Waals surface area contributed by atoms with Crippen LogP contribution >= 0.6 is 0 Å². The Morgan fingerprint density at radius 2 is 2.00 bits per heavy atom. The predicted octanol–water partition coefficient (Wildman–Crippen LogP) is 3.59. The lowest BCUT2D eigenvalue weighted by molar-refractivity contribution is 0.164. The van der Waals surface area contributed by atoms with Crippen LogP contribution in [0.1, 0.15) is 22.9 Å². The van der Waals surface area contributed by atoms with Crippen LogP contribution in [-0.4, -0.2) is 18.5 Å². The average Bonchev–Trinajstić information content (AvgIpc) is 2.54. The van der Waals surface area contributed by atoms with E-state index in [0.29, 0.717) is 5.69 Å². The van der Waals surface area contributed by atoms with Gasteiger partial charge in [0.05, 0.1) is 0 Å². The third-order valence-corrected chi connectivity index (χ3v) is 4.64. The fourth-order valence-corrected chi connectivity index (χ4v) is 3.67. The summed E-state index contributed by atoms with van der Waals surface area (Å²) in [5, 5.41) is 3.06. The van der Waals surface area contributed by atoms with Gasteiger partial charge in [-0.3, -0.25) is 4.90 Å². The van der Waals surface area contributed by atoms with Crippen molar-refractivity contribution in [1.29, 1.82) is 0 Å². The molecule has 4 rings (SSSR count). The summed E-state index contributed by atoms with van der Waals surface area (Å²) in [5.41, 5.74) is 5.73. The number of nitroso groups, excluding NO2 is 1. The first-order chi connectivity index (χ1) is 10.3. The molecule has 21 heavy (non-hydrogen) atoms. The quantitative estimate of drug-likeness (QED) is 0.748. The van der Waals surface area contributed by atoms with E-state index in [-0.39, 0.29) is 6.17 Å². The molecule has 0 radical (unpaired) electrons. The molecule has 106 valence electrons. The summed E-state index contributed by atoms with van der Waals surface area (Å²) in [6.07, 6.45) is 1.37. The Balaban J connectivity index is 1.82. The summed E-state index contributed by atoms with van der Waals surface area (Å²) in [5.74, 6) is 0. The molecule has 2 aromatic rings. The molecule has 2 heterocycles. The van der Waals surface area contributed by atoms with Crippen molar-refractivity contribution in [2.24, 2.45) is 5.18 Å². The Morgan fingerprint density at radius 1 is 1.14 bits per heavy atom. The second-order valence-electron chi connectivity index (χ2n) is 5.81. The summed E-state index contributed by atoms with van der Waals surface area (Å²) >= 11 is 0. The highest BCUT2D eigenvalue weighted by Gasteiger charge is 2.35. The molecular weight excluding hydrogens is 262 g/mol. The third kappa shape index (κ3) is 1.87. The van der Waals surface area contributed by atoms with Crippen molar-refractivity contribution in [3.63, 3.8) is 0 Å². The summed E-state index contributed by atoms with van der Waals surface area (Å²) in [6, 6.07) is 14.4. The molecule has 4 heteroatoms. The number of rotatable bonds is 1. The van der Waals surface area contributed by atoms with Gasteiger partial charge in [-0.1, -0.05) is 24.3 Å². The van der Waals surface area contributed by atoms with Crippen LogP contribution in [0, 0.1) is 4.91 Å². The molecule has 0 saturated heterocycles. The fourth-order valence-electron chi connectivity index (χ4n) is 3.67. The van der Waals surface area contributed by atoms with Crippen molar-refractivity contribution in [2.45, 2.75) is 19.1 Å². The zero-order valence-electron chi connectivity index (χ0n) is 12.0. The van der Waals surface area contributed by atoms with Crippen molar-refractivity contribution in [1.82, 2.24) is 4.90 Å². The van der Waals surface area contributed by atoms with E-state index in [2.05, 4.69) is 46.3 Å². The van der Waals surface area contributed by atoms with Crippen molar-refractivity contribution in [3.05, 3.63) is 64.1 Å². The van der Waals surface area contributed by atoms with E-state index in [1.165, 1.54) is 22.4 Å². The minimum atomic E-state index is 0.289. The van der Waals surface area contributed by atoms with Crippen LogP contribution < -0.4 is 4.90 Å². The van der Waals surface area contributed by atoms with E-state index in [1.807, 2.05) is 12.1 Å². The van der Waals surface area contributed by atoms with Crippen molar-refractivity contribution >= 4 is 11.4 Å². The summed E-state index contributed by atoms with van der Waals surface area (Å²) in [7, 11) is 2.13. The second kappa shape index (κ2) is 4.67. The van der Waals surface area contributed by atoms with Gasteiger partial charge in [0.2, 0.25) is 0 Å². The zero-order chi connectivity index (χ0) is 14.4. The van der Waals surface area contributed by atoms with Gasteiger partial charge in [-0.15, -0.1) is 4.91 Å². The third-order valence-electron chi connectivity index (χ3n) is 4.64. The van der Waals surface area contributed by atoms with E-state index >= 15 is 0 Å². The Bertz CT molecular complexity index is 713. The fraction of sp³-hybridized carbons (Fsp3) is 0.294. The molecule has 0 aliphatic carbocycles. The van der Waals surface area contributed by atoms with Gasteiger partial charge >= 0.3 is 0 Å². The topological polar surface area (TPSA) is 35.9 Å². The van der Waals surface area contributed by atoms with Gasteiger partial charge in [0.1, 0.15) is 11.9 Å². The number of hydrogen-bond donors (Lipinski definition) is 0. The lowest BCUT2D eigenvalue weighted by Crippen LogP contribution is -2.47. The molecule has 0 fully saturated rings. The van der Waals surface area contributed by atoms with Gasteiger partial charge in [0.25, 0.3) is 0 Å². The zero-order valence-corrected chi connectivity index (χ0v) is 12.0. The normalized spacial score (nSPS) is 20.4. The van der Waals surface area contributed by atoms with Crippen molar-refractivity contribution in [3.8, 4) is 0 Å². The maximum Gasteiger partial charge on any atom is 0.109 e. The smallest absolute Gasteiger partial charge is 0.109 e. The van der Waals surface area contributed by atoms with Crippen LogP contribution in [0.15, 0.2) is 47.6 Å². The van der Waals surface area contributed by atoms with E-state index < -0.39 is 0 Å². The predicted molar refractivity (Wildman–Crippen MR) is 83.6 cm³/mol. The molecule has 1 unspecified atom stereocenters. The SMILES string of the molecule is CN1c2ccc(N=O)cc2CN2CCc3ccccc3C21. The minimum absolute atomic E-state index is 0.289. The van der Waals surface area contributed by atoms with Crippen molar-refractivity contribution in [2.75, 3.05) is 18.5 Å². The maximum atomic E-state index is 10.7. The molecule has 0 saturated carbocycles. The van der Waals surface area contributed by atoms with Gasteiger partial charge in [0, 0.05) is 25.8 Å². The molecule has 2 aliphatic rings. The minimum Gasteiger partial charge on any atom is -0.355 e. The van der Waals surface area contributed by atoms with Crippen molar-refractivity contribution < 1.29 is 0 Å².